The topological polar surface area (TPSA) is 55.8 Å². The fourth-order valence-corrected chi connectivity index (χ4v) is 2.64. The van der Waals surface area contributed by atoms with E-state index in [2.05, 4.69) is 10.2 Å². The maximum atomic E-state index is 12.3. The van der Waals surface area contributed by atoms with Crippen LogP contribution in [-0.4, -0.2) is 66.1 Å². The van der Waals surface area contributed by atoms with Gasteiger partial charge in [0.1, 0.15) is 5.75 Å². The average Bonchev–Trinajstić information content (AvgIpc) is 2.37. The molecule has 2 aliphatic rings. The van der Waals surface area contributed by atoms with Crippen LogP contribution in [0.15, 0.2) is 24.3 Å². The number of hydrogen-bond acceptors (Lipinski definition) is 4. The summed E-state index contributed by atoms with van der Waals surface area (Å²) < 4.78 is 0. The van der Waals surface area contributed by atoms with E-state index in [1.54, 1.807) is 18.2 Å². The van der Waals surface area contributed by atoms with Gasteiger partial charge in [-0.2, -0.15) is 0 Å². The monoisotopic (exact) mass is 261 g/mol. The molecular formula is C14H19N3O2. The van der Waals surface area contributed by atoms with Crippen molar-refractivity contribution in [1.29, 1.82) is 0 Å². The van der Waals surface area contributed by atoms with Gasteiger partial charge in [-0.25, -0.2) is 0 Å². The Morgan fingerprint density at radius 2 is 1.95 bits per heavy atom. The molecule has 0 aliphatic carbocycles. The van der Waals surface area contributed by atoms with Gasteiger partial charge in [0.25, 0.3) is 5.91 Å². The van der Waals surface area contributed by atoms with E-state index in [-0.39, 0.29) is 11.7 Å². The molecule has 1 aromatic carbocycles. The lowest BCUT2D eigenvalue weighted by Crippen LogP contribution is -2.62. The summed E-state index contributed by atoms with van der Waals surface area (Å²) in [5.41, 5.74) is 0.568. The van der Waals surface area contributed by atoms with Crippen LogP contribution in [0.4, 0.5) is 0 Å². The van der Waals surface area contributed by atoms with Crippen LogP contribution in [0.5, 0.6) is 5.75 Å². The molecule has 0 radical (unpaired) electrons. The van der Waals surface area contributed by atoms with E-state index in [0.29, 0.717) is 11.6 Å². The maximum absolute atomic E-state index is 12.3. The Hall–Kier alpha value is -1.59. The van der Waals surface area contributed by atoms with Gasteiger partial charge in [0.15, 0.2) is 0 Å². The number of nitrogens with zero attached hydrogens (tertiary/aromatic N) is 2. The number of carbonyl (C=O) groups excluding carboxylic acids is 1. The number of benzene rings is 1. The van der Waals surface area contributed by atoms with E-state index in [9.17, 15) is 9.90 Å². The van der Waals surface area contributed by atoms with Crippen LogP contribution in [0.25, 0.3) is 0 Å². The Balaban J connectivity index is 1.60. The molecule has 1 aromatic rings. The second-order valence-electron chi connectivity index (χ2n) is 5.19. The lowest BCUT2D eigenvalue weighted by Gasteiger charge is -2.43. The lowest BCUT2D eigenvalue weighted by atomic mass is 10.1. The molecule has 0 aromatic heterocycles. The molecule has 0 spiro atoms. The highest BCUT2D eigenvalue weighted by Crippen LogP contribution is 2.15. The Labute approximate surface area is 112 Å². The second-order valence-corrected chi connectivity index (χ2v) is 5.19. The van der Waals surface area contributed by atoms with Gasteiger partial charge in [-0.3, -0.25) is 9.69 Å². The number of phenolic OH excluding ortho intramolecular Hbond substituents is 1. The van der Waals surface area contributed by atoms with Crippen LogP contribution < -0.4 is 5.32 Å². The van der Waals surface area contributed by atoms with Crippen molar-refractivity contribution in [3.63, 3.8) is 0 Å². The standard InChI is InChI=1S/C14H19N3O2/c18-13-3-1-2-11(8-13)14(19)17-6-4-16(5-7-17)12-9-15-10-12/h1-3,8,12,15,18H,4-7,9-10H2. The number of rotatable bonds is 2. The first-order valence-corrected chi connectivity index (χ1v) is 6.77. The zero-order chi connectivity index (χ0) is 13.2. The first-order valence-electron chi connectivity index (χ1n) is 6.77. The van der Waals surface area contributed by atoms with Gasteiger partial charge in [-0.15, -0.1) is 0 Å². The van der Waals surface area contributed by atoms with Crippen molar-refractivity contribution < 1.29 is 9.90 Å². The third-order valence-corrected chi connectivity index (χ3v) is 3.97. The third kappa shape index (κ3) is 2.57. The highest BCUT2D eigenvalue weighted by atomic mass is 16.3. The normalized spacial score (nSPS) is 21.2. The molecule has 1 amide bonds. The fraction of sp³-hybridized carbons (Fsp3) is 0.500. The molecule has 5 nitrogen and oxygen atoms in total. The van der Waals surface area contributed by atoms with Gasteiger partial charge in [0, 0.05) is 50.9 Å². The molecular weight excluding hydrogens is 242 g/mol. The predicted molar refractivity (Wildman–Crippen MR) is 72.2 cm³/mol. The Morgan fingerprint density at radius 1 is 1.21 bits per heavy atom. The summed E-state index contributed by atoms with van der Waals surface area (Å²) in [6.07, 6.45) is 0. The first-order chi connectivity index (χ1) is 9.24. The first kappa shape index (κ1) is 12.4. The minimum Gasteiger partial charge on any atom is -0.508 e. The minimum absolute atomic E-state index is 0.0160. The summed E-state index contributed by atoms with van der Waals surface area (Å²) in [6.45, 7) is 5.56. The van der Waals surface area contributed by atoms with E-state index >= 15 is 0 Å². The molecule has 0 unspecified atom stereocenters. The fourth-order valence-electron chi connectivity index (χ4n) is 2.64. The summed E-state index contributed by atoms with van der Waals surface area (Å²) >= 11 is 0. The van der Waals surface area contributed by atoms with Gasteiger partial charge >= 0.3 is 0 Å². The molecule has 2 fully saturated rings. The zero-order valence-electron chi connectivity index (χ0n) is 10.9. The number of amides is 1. The highest BCUT2D eigenvalue weighted by molar-refractivity contribution is 5.94. The van der Waals surface area contributed by atoms with E-state index in [1.165, 1.54) is 6.07 Å². The van der Waals surface area contributed by atoms with Crippen molar-refractivity contribution in [2.24, 2.45) is 0 Å². The molecule has 2 saturated heterocycles. The number of hydrogen-bond donors (Lipinski definition) is 2. The molecule has 2 heterocycles. The number of nitrogens with one attached hydrogen (secondary N) is 1. The van der Waals surface area contributed by atoms with Gasteiger partial charge in [-0.1, -0.05) is 6.07 Å². The van der Waals surface area contributed by atoms with Gasteiger partial charge in [0.2, 0.25) is 0 Å². The number of carbonyl (C=O) groups is 1. The molecule has 2 aliphatic heterocycles. The summed E-state index contributed by atoms with van der Waals surface area (Å²) in [6, 6.07) is 7.23. The minimum atomic E-state index is 0.0160. The maximum Gasteiger partial charge on any atom is 0.254 e. The summed E-state index contributed by atoms with van der Waals surface area (Å²) in [5, 5.41) is 12.7. The van der Waals surface area contributed by atoms with Gasteiger partial charge in [-0.05, 0) is 18.2 Å². The number of aromatic hydroxyl groups is 1. The molecule has 102 valence electrons. The Morgan fingerprint density at radius 3 is 2.53 bits per heavy atom. The van der Waals surface area contributed by atoms with Gasteiger partial charge < -0.3 is 15.3 Å². The van der Waals surface area contributed by atoms with Crippen molar-refractivity contribution in [3.05, 3.63) is 29.8 Å². The van der Waals surface area contributed by atoms with Crippen molar-refractivity contribution in [2.45, 2.75) is 6.04 Å². The van der Waals surface area contributed by atoms with Crippen LogP contribution >= 0.6 is 0 Å². The molecule has 3 rings (SSSR count). The van der Waals surface area contributed by atoms with Crippen LogP contribution in [-0.2, 0) is 0 Å². The predicted octanol–water partition coefficient (Wildman–Crippen LogP) is 0.122. The zero-order valence-corrected chi connectivity index (χ0v) is 10.9. The van der Waals surface area contributed by atoms with E-state index in [4.69, 9.17) is 0 Å². The Kier molecular flexibility index (Phi) is 3.40. The lowest BCUT2D eigenvalue weighted by molar-refractivity contribution is 0.0502. The number of piperazine rings is 1. The molecule has 0 atom stereocenters. The van der Waals surface area contributed by atoms with E-state index < -0.39 is 0 Å². The van der Waals surface area contributed by atoms with E-state index in [0.717, 1.165) is 39.3 Å². The van der Waals surface area contributed by atoms with Crippen LogP contribution in [0.2, 0.25) is 0 Å². The van der Waals surface area contributed by atoms with Crippen LogP contribution in [0.3, 0.4) is 0 Å². The Bertz CT molecular complexity index is 466. The molecule has 5 heteroatoms. The summed E-state index contributed by atoms with van der Waals surface area (Å²) in [5.74, 6) is 0.160. The molecule has 0 bridgehead atoms. The molecule has 2 N–H and O–H groups in total. The van der Waals surface area contributed by atoms with Crippen LogP contribution in [0, 0.1) is 0 Å². The summed E-state index contributed by atoms with van der Waals surface area (Å²) in [7, 11) is 0. The average molecular weight is 261 g/mol. The third-order valence-electron chi connectivity index (χ3n) is 3.97. The molecule has 19 heavy (non-hydrogen) atoms. The quantitative estimate of drug-likeness (QED) is 0.794. The van der Waals surface area contributed by atoms with Crippen molar-refractivity contribution in [3.8, 4) is 5.75 Å². The van der Waals surface area contributed by atoms with Crippen LogP contribution in [0.1, 0.15) is 10.4 Å². The van der Waals surface area contributed by atoms with E-state index in [1.807, 2.05) is 4.90 Å². The SMILES string of the molecule is O=C(c1cccc(O)c1)N1CCN(C2CNC2)CC1. The summed E-state index contributed by atoms with van der Waals surface area (Å²) in [4.78, 5) is 16.6. The van der Waals surface area contributed by atoms with Gasteiger partial charge in [0.05, 0.1) is 0 Å². The second kappa shape index (κ2) is 5.19. The van der Waals surface area contributed by atoms with Crippen molar-refractivity contribution >= 4 is 5.91 Å². The van der Waals surface area contributed by atoms with Crippen molar-refractivity contribution in [2.75, 3.05) is 39.3 Å². The highest BCUT2D eigenvalue weighted by Gasteiger charge is 2.29. The smallest absolute Gasteiger partial charge is 0.254 e. The number of phenols is 1. The largest absolute Gasteiger partial charge is 0.508 e. The molecule has 0 saturated carbocycles. The van der Waals surface area contributed by atoms with Crippen molar-refractivity contribution in [1.82, 2.24) is 15.1 Å².